The third-order valence-electron chi connectivity index (χ3n) is 6.08. The average Bonchev–Trinajstić information content (AvgIpc) is 3.64. The Hall–Kier alpha value is -3.50. The molecule has 1 aliphatic rings. The van der Waals surface area contributed by atoms with Crippen molar-refractivity contribution in [3.8, 4) is 11.5 Å². The van der Waals surface area contributed by atoms with E-state index in [0.717, 1.165) is 23.8 Å². The monoisotopic (exact) mass is 508 g/mol. The number of piperidine rings is 1. The van der Waals surface area contributed by atoms with Crippen molar-refractivity contribution in [2.24, 2.45) is 5.73 Å². The number of anilines is 1. The number of benzene rings is 1. The van der Waals surface area contributed by atoms with Crippen LogP contribution in [0.3, 0.4) is 0 Å². The molecule has 0 radical (unpaired) electrons. The van der Waals surface area contributed by atoms with Crippen LogP contribution in [0.5, 0.6) is 0 Å². The van der Waals surface area contributed by atoms with Crippen LogP contribution in [0.1, 0.15) is 35.4 Å². The summed E-state index contributed by atoms with van der Waals surface area (Å²) in [6.07, 6.45) is 2.34. The van der Waals surface area contributed by atoms with Gasteiger partial charge in [0.15, 0.2) is 10.9 Å². The first-order chi connectivity index (χ1) is 17.0. The molecule has 4 heterocycles. The van der Waals surface area contributed by atoms with Gasteiger partial charge < -0.3 is 15.1 Å². The van der Waals surface area contributed by atoms with Crippen LogP contribution in [0.2, 0.25) is 0 Å². The van der Waals surface area contributed by atoms with Gasteiger partial charge in [-0.05, 0) is 42.8 Å². The van der Waals surface area contributed by atoms with Crippen LogP contribution in [-0.2, 0) is 9.59 Å². The maximum atomic E-state index is 13.3. The summed E-state index contributed by atoms with van der Waals surface area (Å²) in [5, 5.41) is 5.14. The lowest BCUT2D eigenvalue weighted by atomic mass is 10.0. The Morgan fingerprint density at radius 2 is 2.00 bits per heavy atom. The van der Waals surface area contributed by atoms with Crippen LogP contribution in [-0.4, -0.2) is 46.7 Å². The molecule has 2 N–H and O–H groups in total. The number of thiophene rings is 1. The standard InChI is InChI=1S/C25H24N4O4S2/c26-23(31)18-7-3-4-11-28(18)22(30)10-12-29(24(32)21-9-5-13-34-21)25-27-17(15-35-25)20-14-16-6-1-2-8-19(16)33-20/h1-2,5-6,8-9,13-15,18H,3-4,7,10-12H2,(H2,26,31). The highest BCUT2D eigenvalue weighted by molar-refractivity contribution is 7.14. The van der Waals surface area contributed by atoms with Gasteiger partial charge in [0, 0.05) is 30.3 Å². The molecular weight excluding hydrogens is 484 g/mol. The maximum absolute atomic E-state index is 13.3. The number of primary amides is 1. The van der Waals surface area contributed by atoms with E-state index in [1.54, 1.807) is 11.0 Å². The molecule has 35 heavy (non-hydrogen) atoms. The van der Waals surface area contributed by atoms with Gasteiger partial charge in [0.2, 0.25) is 11.8 Å². The summed E-state index contributed by atoms with van der Waals surface area (Å²) < 4.78 is 5.93. The fourth-order valence-electron chi connectivity index (χ4n) is 4.30. The van der Waals surface area contributed by atoms with Crippen LogP contribution in [0.15, 0.2) is 57.6 Å². The Kier molecular flexibility index (Phi) is 6.65. The number of furan rings is 1. The number of carbonyl (C=O) groups is 3. The number of rotatable bonds is 7. The van der Waals surface area contributed by atoms with Crippen LogP contribution < -0.4 is 10.6 Å². The van der Waals surface area contributed by atoms with Crippen molar-refractivity contribution in [2.45, 2.75) is 31.7 Å². The summed E-state index contributed by atoms with van der Waals surface area (Å²) in [7, 11) is 0. The molecule has 3 aromatic heterocycles. The van der Waals surface area contributed by atoms with Crippen LogP contribution in [0, 0.1) is 0 Å². The molecule has 0 bridgehead atoms. The maximum Gasteiger partial charge on any atom is 0.270 e. The molecule has 8 nitrogen and oxygen atoms in total. The molecule has 10 heteroatoms. The Labute approximate surface area is 210 Å². The van der Waals surface area contributed by atoms with Gasteiger partial charge in [0.25, 0.3) is 5.91 Å². The van der Waals surface area contributed by atoms with Crippen molar-refractivity contribution < 1.29 is 18.8 Å². The summed E-state index contributed by atoms with van der Waals surface area (Å²) >= 11 is 2.66. The minimum atomic E-state index is -0.586. The van der Waals surface area contributed by atoms with E-state index >= 15 is 0 Å². The molecule has 1 saturated heterocycles. The topological polar surface area (TPSA) is 110 Å². The van der Waals surface area contributed by atoms with Crippen molar-refractivity contribution >= 4 is 56.5 Å². The lowest BCUT2D eigenvalue weighted by molar-refractivity contribution is -0.140. The molecule has 0 saturated carbocycles. The van der Waals surface area contributed by atoms with E-state index in [4.69, 9.17) is 10.2 Å². The second-order valence-electron chi connectivity index (χ2n) is 8.35. The van der Waals surface area contributed by atoms with Crippen LogP contribution in [0.25, 0.3) is 22.4 Å². The number of amides is 3. The fourth-order valence-corrected chi connectivity index (χ4v) is 5.81. The van der Waals surface area contributed by atoms with E-state index < -0.39 is 11.9 Å². The van der Waals surface area contributed by atoms with Crippen LogP contribution >= 0.6 is 22.7 Å². The molecule has 180 valence electrons. The van der Waals surface area contributed by atoms with E-state index in [-0.39, 0.29) is 24.8 Å². The Bertz CT molecular complexity index is 1330. The van der Waals surface area contributed by atoms with Gasteiger partial charge in [0.1, 0.15) is 17.3 Å². The number of hydrogen-bond acceptors (Lipinski definition) is 7. The lowest BCUT2D eigenvalue weighted by Crippen LogP contribution is -2.51. The molecule has 0 aliphatic carbocycles. The number of aromatic nitrogens is 1. The first kappa shape index (κ1) is 23.3. The third kappa shape index (κ3) is 4.85. The number of nitrogens with zero attached hydrogens (tertiary/aromatic N) is 3. The van der Waals surface area contributed by atoms with Gasteiger partial charge in [-0.15, -0.1) is 22.7 Å². The molecule has 1 fully saturated rings. The number of thiazole rings is 1. The summed E-state index contributed by atoms with van der Waals surface area (Å²) in [5.41, 5.74) is 6.92. The predicted octanol–water partition coefficient (Wildman–Crippen LogP) is 4.52. The largest absolute Gasteiger partial charge is 0.454 e. The first-order valence-electron chi connectivity index (χ1n) is 11.4. The fraction of sp³-hybridized carbons (Fsp3) is 0.280. The summed E-state index contributed by atoms with van der Waals surface area (Å²) in [6, 6.07) is 12.6. The molecule has 4 aromatic rings. The van der Waals surface area contributed by atoms with Gasteiger partial charge in [-0.3, -0.25) is 19.3 Å². The first-order valence-corrected chi connectivity index (χ1v) is 13.2. The molecule has 5 rings (SSSR count). The summed E-state index contributed by atoms with van der Waals surface area (Å²) in [6.45, 7) is 0.642. The SMILES string of the molecule is NC(=O)C1CCCCN1C(=O)CCN(C(=O)c1cccs1)c1nc(-c2cc3ccccc3o2)cs1. The van der Waals surface area contributed by atoms with Crippen molar-refractivity contribution in [2.75, 3.05) is 18.0 Å². The van der Waals surface area contributed by atoms with Gasteiger partial charge in [-0.2, -0.15) is 0 Å². The number of nitrogens with two attached hydrogens (primary N) is 1. The molecule has 1 unspecified atom stereocenters. The van der Waals surface area contributed by atoms with Crippen molar-refractivity contribution in [1.82, 2.24) is 9.88 Å². The van der Waals surface area contributed by atoms with Gasteiger partial charge in [-0.25, -0.2) is 4.98 Å². The zero-order valence-electron chi connectivity index (χ0n) is 18.9. The highest BCUT2D eigenvalue weighted by atomic mass is 32.1. The number of likely N-dealkylation sites (tertiary alicyclic amines) is 1. The minimum absolute atomic E-state index is 0.0699. The highest BCUT2D eigenvalue weighted by Gasteiger charge is 2.31. The van der Waals surface area contributed by atoms with E-state index in [2.05, 4.69) is 4.98 Å². The lowest BCUT2D eigenvalue weighted by Gasteiger charge is -2.34. The second kappa shape index (κ2) is 10.0. The normalized spacial score (nSPS) is 15.9. The van der Waals surface area contributed by atoms with E-state index in [1.807, 2.05) is 47.2 Å². The zero-order valence-corrected chi connectivity index (χ0v) is 20.5. The smallest absolute Gasteiger partial charge is 0.270 e. The van der Waals surface area contributed by atoms with Crippen molar-refractivity contribution in [3.63, 3.8) is 0 Å². The summed E-state index contributed by atoms with van der Waals surface area (Å²) in [5.74, 6) is -0.277. The molecule has 3 amide bonds. The Balaban J connectivity index is 1.38. The summed E-state index contributed by atoms with van der Waals surface area (Å²) in [4.78, 5) is 46.5. The predicted molar refractivity (Wildman–Crippen MR) is 136 cm³/mol. The molecule has 1 aromatic carbocycles. The average molecular weight is 509 g/mol. The van der Waals surface area contributed by atoms with Gasteiger partial charge >= 0.3 is 0 Å². The van der Waals surface area contributed by atoms with Crippen molar-refractivity contribution in [1.29, 1.82) is 0 Å². The van der Waals surface area contributed by atoms with Crippen LogP contribution in [0.4, 0.5) is 5.13 Å². The van der Waals surface area contributed by atoms with E-state index in [0.29, 0.717) is 34.4 Å². The zero-order chi connectivity index (χ0) is 24.4. The Morgan fingerprint density at radius 1 is 1.14 bits per heavy atom. The molecule has 0 spiro atoms. The van der Waals surface area contributed by atoms with Crippen molar-refractivity contribution in [3.05, 3.63) is 58.1 Å². The van der Waals surface area contributed by atoms with E-state index in [1.165, 1.54) is 27.6 Å². The van der Waals surface area contributed by atoms with E-state index in [9.17, 15) is 14.4 Å². The van der Waals surface area contributed by atoms with Gasteiger partial charge in [0.05, 0.1) is 4.88 Å². The Morgan fingerprint density at radius 3 is 2.77 bits per heavy atom. The minimum Gasteiger partial charge on any atom is -0.454 e. The molecule has 1 aliphatic heterocycles. The number of carbonyl (C=O) groups excluding carboxylic acids is 3. The number of fused-ring (bicyclic) bond motifs is 1. The quantitative estimate of drug-likeness (QED) is 0.395. The second-order valence-corrected chi connectivity index (χ2v) is 10.1. The number of para-hydroxylation sites is 1. The highest BCUT2D eigenvalue weighted by Crippen LogP contribution is 2.32. The molecular formula is C25H24N4O4S2. The van der Waals surface area contributed by atoms with Gasteiger partial charge in [-0.1, -0.05) is 24.3 Å². The molecule has 1 atom stereocenters. The third-order valence-corrected chi connectivity index (χ3v) is 7.80. The number of hydrogen-bond donors (Lipinski definition) is 1.